The Balaban J connectivity index is 3.05. The van der Waals surface area contributed by atoms with E-state index in [0.29, 0.717) is 23.9 Å². The van der Waals surface area contributed by atoms with Crippen LogP contribution in [0.15, 0.2) is 12.1 Å². The summed E-state index contributed by atoms with van der Waals surface area (Å²) in [6, 6.07) is 3.84. The molecule has 108 valence electrons. The molecule has 1 aromatic carbocycles. The van der Waals surface area contributed by atoms with Crippen molar-refractivity contribution in [3.63, 3.8) is 0 Å². The highest BCUT2D eigenvalue weighted by atomic mass is 16.5. The molecule has 0 aliphatic heterocycles. The van der Waals surface area contributed by atoms with Gasteiger partial charge in [0.05, 0.1) is 33.0 Å². The topological polar surface area (TPSA) is 36.9 Å². The van der Waals surface area contributed by atoms with Crippen LogP contribution in [0, 0.1) is 0 Å². The second kappa shape index (κ2) is 7.24. The lowest BCUT2D eigenvalue weighted by molar-refractivity contribution is 0.0654. The maximum Gasteiger partial charge on any atom is 0.203 e. The lowest BCUT2D eigenvalue weighted by atomic mass is 10.2. The highest BCUT2D eigenvalue weighted by molar-refractivity contribution is 5.53. The Bertz CT molecular complexity index is 374. The standard InChI is InChI=1S/C15H24O4/c1-10(2)18-9-12-7-13(16-5)15(19-11(3)4)14(8-12)17-6/h7-8,10-11H,9H2,1-6H3. The lowest BCUT2D eigenvalue weighted by Crippen LogP contribution is -2.09. The maximum atomic E-state index is 5.75. The predicted molar refractivity (Wildman–Crippen MR) is 75.2 cm³/mol. The van der Waals surface area contributed by atoms with Crippen molar-refractivity contribution in [2.45, 2.75) is 46.5 Å². The summed E-state index contributed by atoms with van der Waals surface area (Å²) in [5, 5.41) is 0. The molecule has 0 radical (unpaired) electrons. The number of hydrogen-bond donors (Lipinski definition) is 0. The van der Waals surface area contributed by atoms with Crippen LogP contribution in [0.4, 0.5) is 0 Å². The Morgan fingerprint density at radius 2 is 1.42 bits per heavy atom. The van der Waals surface area contributed by atoms with Gasteiger partial charge in [-0.3, -0.25) is 0 Å². The van der Waals surface area contributed by atoms with Gasteiger partial charge >= 0.3 is 0 Å². The molecule has 4 nitrogen and oxygen atoms in total. The first-order valence-electron chi connectivity index (χ1n) is 6.51. The van der Waals surface area contributed by atoms with Crippen molar-refractivity contribution in [2.75, 3.05) is 14.2 Å². The normalized spacial score (nSPS) is 10.9. The van der Waals surface area contributed by atoms with Crippen LogP contribution in [-0.2, 0) is 11.3 Å². The Morgan fingerprint density at radius 3 is 1.79 bits per heavy atom. The zero-order valence-electron chi connectivity index (χ0n) is 12.6. The summed E-state index contributed by atoms with van der Waals surface area (Å²) >= 11 is 0. The monoisotopic (exact) mass is 268 g/mol. The quantitative estimate of drug-likeness (QED) is 0.759. The van der Waals surface area contributed by atoms with E-state index < -0.39 is 0 Å². The van der Waals surface area contributed by atoms with E-state index in [-0.39, 0.29) is 12.2 Å². The Kier molecular flexibility index (Phi) is 5.96. The minimum atomic E-state index is 0.0561. The van der Waals surface area contributed by atoms with E-state index >= 15 is 0 Å². The molecule has 0 fully saturated rings. The van der Waals surface area contributed by atoms with Crippen molar-refractivity contribution in [1.82, 2.24) is 0 Å². The summed E-state index contributed by atoms with van der Waals surface area (Å²) in [5.41, 5.74) is 0.999. The molecule has 0 aromatic heterocycles. The van der Waals surface area contributed by atoms with Crippen LogP contribution >= 0.6 is 0 Å². The minimum absolute atomic E-state index is 0.0561. The van der Waals surface area contributed by atoms with E-state index in [1.807, 2.05) is 39.8 Å². The molecule has 0 unspecified atom stereocenters. The first-order chi connectivity index (χ1) is 8.97. The molecule has 4 heteroatoms. The molecule has 0 atom stereocenters. The van der Waals surface area contributed by atoms with Crippen LogP contribution in [0.25, 0.3) is 0 Å². The van der Waals surface area contributed by atoms with E-state index in [1.165, 1.54) is 0 Å². The predicted octanol–water partition coefficient (Wildman–Crippen LogP) is 3.42. The number of methoxy groups -OCH3 is 2. The second-order valence-electron chi connectivity index (χ2n) is 4.86. The summed E-state index contributed by atoms with van der Waals surface area (Å²) in [5.74, 6) is 1.96. The fraction of sp³-hybridized carbons (Fsp3) is 0.600. The Morgan fingerprint density at radius 1 is 0.895 bits per heavy atom. The number of ether oxygens (including phenoxy) is 4. The van der Waals surface area contributed by atoms with Gasteiger partial charge in [0.15, 0.2) is 11.5 Å². The van der Waals surface area contributed by atoms with Crippen LogP contribution in [0.1, 0.15) is 33.3 Å². The number of hydrogen-bond acceptors (Lipinski definition) is 4. The average molecular weight is 268 g/mol. The molecule has 0 spiro atoms. The third-order valence-corrected chi connectivity index (χ3v) is 2.46. The molecule has 0 amide bonds. The van der Waals surface area contributed by atoms with Crippen LogP contribution in [0.2, 0.25) is 0 Å². The van der Waals surface area contributed by atoms with Crippen LogP contribution in [0.3, 0.4) is 0 Å². The van der Waals surface area contributed by atoms with Crippen LogP contribution < -0.4 is 14.2 Å². The van der Waals surface area contributed by atoms with Gasteiger partial charge in [-0.15, -0.1) is 0 Å². The van der Waals surface area contributed by atoms with Crippen molar-refractivity contribution in [3.8, 4) is 17.2 Å². The maximum absolute atomic E-state index is 5.75. The summed E-state index contributed by atoms with van der Waals surface area (Å²) in [6.45, 7) is 8.46. The average Bonchev–Trinajstić information content (AvgIpc) is 2.36. The number of benzene rings is 1. The van der Waals surface area contributed by atoms with E-state index in [1.54, 1.807) is 14.2 Å². The fourth-order valence-corrected chi connectivity index (χ4v) is 1.63. The van der Waals surface area contributed by atoms with Crippen molar-refractivity contribution < 1.29 is 18.9 Å². The first-order valence-corrected chi connectivity index (χ1v) is 6.51. The van der Waals surface area contributed by atoms with E-state index in [2.05, 4.69) is 0 Å². The zero-order chi connectivity index (χ0) is 14.4. The summed E-state index contributed by atoms with van der Waals surface area (Å²) in [4.78, 5) is 0. The molecule has 0 saturated heterocycles. The molecule has 0 aliphatic carbocycles. The molecule has 0 saturated carbocycles. The van der Waals surface area contributed by atoms with E-state index in [4.69, 9.17) is 18.9 Å². The molecule has 0 bridgehead atoms. The largest absolute Gasteiger partial charge is 0.493 e. The van der Waals surface area contributed by atoms with Crippen molar-refractivity contribution in [1.29, 1.82) is 0 Å². The van der Waals surface area contributed by atoms with Crippen LogP contribution in [0.5, 0.6) is 17.2 Å². The van der Waals surface area contributed by atoms with Crippen molar-refractivity contribution in [3.05, 3.63) is 17.7 Å². The van der Waals surface area contributed by atoms with Gasteiger partial charge in [0.25, 0.3) is 0 Å². The highest BCUT2D eigenvalue weighted by Gasteiger charge is 2.15. The van der Waals surface area contributed by atoms with E-state index in [0.717, 1.165) is 5.56 Å². The Labute approximate surface area is 115 Å². The lowest BCUT2D eigenvalue weighted by Gasteiger charge is -2.18. The molecular weight excluding hydrogens is 244 g/mol. The molecule has 1 aromatic rings. The SMILES string of the molecule is COc1cc(COC(C)C)cc(OC)c1OC(C)C. The first kappa shape index (κ1) is 15.6. The van der Waals surface area contributed by atoms with Gasteiger partial charge in [-0.2, -0.15) is 0 Å². The van der Waals surface area contributed by atoms with Gasteiger partial charge < -0.3 is 18.9 Å². The molecule has 0 heterocycles. The molecule has 1 rings (SSSR count). The van der Waals surface area contributed by atoms with Gasteiger partial charge in [-0.25, -0.2) is 0 Å². The van der Waals surface area contributed by atoms with Crippen molar-refractivity contribution in [2.24, 2.45) is 0 Å². The fourth-order valence-electron chi connectivity index (χ4n) is 1.63. The minimum Gasteiger partial charge on any atom is -0.493 e. The molecule has 0 N–H and O–H groups in total. The third kappa shape index (κ3) is 4.63. The summed E-state index contributed by atoms with van der Waals surface area (Å²) < 4.78 is 22.1. The molecule has 0 aliphatic rings. The van der Waals surface area contributed by atoms with Gasteiger partial charge in [-0.1, -0.05) is 0 Å². The van der Waals surface area contributed by atoms with Crippen molar-refractivity contribution >= 4 is 0 Å². The second-order valence-corrected chi connectivity index (χ2v) is 4.86. The van der Waals surface area contributed by atoms with Crippen LogP contribution in [-0.4, -0.2) is 26.4 Å². The smallest absolute Gasteiger partial charge is 0.203 e. The highest BCUT2D eigenvalue weighted by Crippen LogP contribution is 2.39. The summed E-state index contributed by atoms with van der Waals surface area (Å²) in [7, 11) is 3.24. The van der Waals surface area contributed by atoms with Gasteiger partial charge in [0, 0.05) is 0 Å². The number of rotatable bonds is 7. The van der Waals surface area contributed by atoms with Gasteiger partial charge in [0.2, 0.25) is 5.75 Å². The molecular formula is C15H24O4. The van der Waals surface area contributed by atoms with Gasteiger partial charge in [0.1, 0.15) is 0 Å². The molecule has 19 heavy (non-hydrogen) atoms. The zero-order valence-corrected chi connectivity index (χ0v) is 12.6. The Hall–Kier alpha value is -1.42. The van der Waals surface area contributed by atoms with Gasteiger partial charge in [-0.05, 0) is 45.4 Å². The van der Waals surface area contributed by atoms with E-state index in [9.17, 15) is 0 Å². The summed E-state index contributed by atoms with van der Waals surface area (Å²) in [6.07, 6.45) is 0.240. The third-order valence-electron chi connectivity index (χ3n) is 2.46.